The number of nitrogens with zero attached hydrogens (tertiary/aromatic N) is 1. The second-order valence-electron chi connectivity index (χ2n) is 5.69. The van der Waals surface area contributed by atoms with E-state index in [0.717, 1.165) is 22.3 Å². The van der Waals surface area contributed by atoms with Crippen LogP contribution in [0.3, 0.4) is 0 Å². The third kappa shape index (κ3) is 4.45. The van der Waals surface area contributed by atoms with Gasteiger partial charge in [-0.2, -0.15) is 0 Å². The SMILES string of the molecule is Cc1cc(COc2cc3[nH]c(CNC(=O)NCCF)cc3cc2Cl)on1. The number of hydrogen-bond donors (Lipinski definition) is 3. The Kier molecular flexibility index (Phi) is 5.62. The Morgan fingerprint density at radius 2 is 2.19 bits per heavy atom. The summed E-state index contributed by atoms with van der Waals surface area (Å²) in [5.74, 6) is 1.12. The monoisotopic (exact) mass is 380 g/mol. The Bertz CT molecular complexity index is 909. The minimum absolute atomic E-state index is 0.0143. The predicted molar refractivity (Wildman–Crippen MR) is 95.1 cm³/mol. The highest BCUT2D eigenvalue weighted by Gasteiger charge is 2.10. The van der Waals surface area contributed by atoms with Crippen molar-refractivity contribution in [1.82, 2.24) is 20.8 Å². The molecule has 0 atom stereocenters. The number of amides is 2. The highest BCUT2D eigenvalue weighted by atomic mass is 35.5. The van der Waals surface area contributed by atoms with Gasteiger partial charge in [0.15, 0.2) is 5.76 Å². The summed E-state index contributed by atoms with van der Waals surface area (Å²) in [6.07, 6.45) is 0. The first-order chi connectivity index (χ1) is 12.5. The first-order valence-electron chi connectivity index (χ1n) is 7.99. The summed E-state index contributed by atoms with van der Waals surface area (Å²) in [6, 6.07) is 6.80. The zero-order chi connectivity index (χ0) is 18.5. The first kappa shape index (κ1) is 18.1. The van der Waals surface area contributed by atoms with Crippen molar-refractivity contribution in [1.29, 1.82) is 0 Å². The van der Waals surface area contributed by atoms with Crippen LogP contribution in [0.15, 0.2) is 28.8 Å². The number of nitrogens with one attached hydrogen (secondary N) is 3. The second-order valence-corrected chi connectivity index (χ2v) is 6.09. The van der Waals surface area contributed by atoms with Gasteiger partial charge in [-0.3, -0.25) is 0 Å². The molecular weight excluding hydrogens is 363 g/mol. The molecule has 26 heavy (non-hydrogen) atoms. The number of H-pyrrole nitrogens is 1. The van der Waals surface area contributed by atoms with Crippen molar-refractivity contribution >= 4 is 28.5 Å². The Balaban J connectivity index is 1.66. The number of ether oxygens (including phenoxy) is 1. The summed E-state index contributed by atoms with van der Waals surface area (Å²) in [5.41, 5.74) is 2.39. The largest absolute Gasteiger partial charge is 0.484 e. The number of benzene rings is 1. The van der Waals surface area contributed by atoms with E-state index in [4.69, 9.17) is 20.9 Å². The van der Waals surface area contributed by atoms with Crippen LogP contribution in [0.4, 0.5) is 9.18 Å². The Hall–Kier alpha value is -2.74. The van der Waals surface area contributed by atoms with E-state index in [9.17, 15) is 9.18 Å². The number of alkyl halides is 1. The highest BCUT2D eigenvalue weighted by molar-refractivity contribution is 6.32. The topological polar surface area (TPSA) is 92.2 Å². The molecule has 1 aromatic carbocycles. The Labute approximate surface area is 153 Å². The minimum atomic E-state index is -0.602. The Morgan fingerprint density at radius 1 is 1.35 bits per heavy atom. The molecule has 2 aromatic heterocycles. The van der Waals surface area contributed by atoms with Crippen LogP contribution in [0.2, 0.25) is 5.02 Å². The first-order valence-corrected chi connectivity index (χ1v) is 8.37. The molecule has 138 valence electrons. The fraction of sp³-hybridized carbons (Fsp3) is 0.294. The average molecular weight is 381 g/mol. The summed E-state index contributed by atoms with van der Waals surface area (Å²) in [7, 11) is 0. The third-order valence-electron chi connectivity index (χ3n) is 3.60. The molecule has 0 aliphatic carbocycles. The Morgan fingerprint density at radius 3 is 2.92 bits per heavy atom. The molecule has 7 nitrogen and oxygen atoms in total. The summed E-state index contributed by atoms with van der Waals surface area (Å²) in [6.45, 7) is 1.71. The van der Waals surface area contributed by atoms with Gasteiger partial charge in [0.25, 0.3) is 0 Å². The van der Waals surface area contributed by atoms with Crippen LogP contribution in [0.5, 0.6) is 5.75 Å². The molecule has 0 spiro atoms. The lowest BCUT2D eigenvalue weighted by atomic mass is 10.2. The van der Waals surface area contributed by atoms with Gasteiger partial charge in [-0.1, -0.05) is 16.8 Å². The molecule has 0 saturated heterocycles. The van der Waals surface area contributed by atoms with E-state index in [2.05, 4.69) is 20.8 Å². The lowest BCUT2D eigenvalue weighted by Gasteiger charge is -2.06. The lowest BCUT2D eigenvalue weighted by Crippen LogP contribution is -2.36. The van der Waals surface area contributed by atoms with Crippen LogP contribution in [-0.4, -0.2) is 29.4 Å². The molecule has 3 rings (SSSR count). The van der Waals surface area contributed by atoms with Crippen LogP contribution in [0.25, 0.3) is 10.9 Å². The number of fused-ring (bicyclic) bond motifs is 1. The van der Waals surface area contributed by atoms with Gasteiger partial charge in [0, 0.05) is 35.3 Å². The second kappa shape index (κ2) is 8.09. The minimum Gasteiger partial charge on any atom is -0.484 e. The smallest absolute Gasteiger partial charge is 0.315 e. The van der Waals surface area contributed by atoms with Crippen LogP contribution in [0.1, 0.15) is 17.1 Å². The number of carbonyl (C=O) groups is 1. The van der Waals surface area contributed by atoms with E-state index in [-0.39, 0.29) is 19.7 Å². The molecular formula is C17H18ClFN4O3. The maximum absolute atomic E-state index is 12.0. The molecule has 0 unspecified atom stereocenters. The molecule has 0 bridgehead atoms. The number of aromatic amines is 1. The summed E-state index contributed by atoms with van der Waals surface area (Å²) < 4.78 is 22.8. The molecule has 0 fully saturated rings. The van der Waals surface area contributed by atoms with Crippen molar-refractivity contribution < 1.29 is 18.4 Å². The highest BCUT2D eigenvalue weighted by Crippen LogP contribution is 2.31. The standard InChI is InChI=1S/C17H18ClFN4O3/c1-10-4-13(26-23-10)9-25-16-7-15-11(6-14(16)18)5-12(22-15)8-21-17(24)20-3-2-19/h4-7,22H,2-3,8-9H2,1H3,(H2,20,21,24). The van der Waals surface area contributed by atoms with Crippen molar-refractivity contribution in [2.75, 3.05) is 13.2 Å². The number of urea groups is 1. The number of halogens is 2. The van der Waals surface area contributed by atoms with Gasteiger partial charge in [-0.15, -0.1) is 0 Å². The molecule has 2 heterocycles. The molecule has 3 N–H and O–H groups in total. The zero-order valence-electron chi connectivity index (χ0n) is 14.1. The quantitative estimate of drug-likeness (QED) is 0.585. The average Bonchev–Trinajstić information content (AvgIpc) is 3.21. The van der Waals surface area contributed by atoms with E-state index in [1.165, 1.54) is 0 Å². The van der Waals surface area contributed by atoms with Crippen LogP contribution in [0, 0.1) is 6.92 Å². The van der Waals surface area contributed by atoms with Crippen molar-refractivity contribution in [2.45, 2.75) is 20.1 Å². The normalized spacial score (nSPS) is 10.9. The molecule has 0 aliphatic rings. The van der Waals surface area contributed by atoms with E-state index in [1.807, 2.05) is 13.0 Å². The number of carbonyl (C=O) groups excluding carboxylic acids is 1. The van der Waals surface area contributed by atoms with Gasteiger partial charge < -0.3 is 24.9 Å². The van der Waals surface area contributed by atoms with Gasteiger partial charge in [0.05, 0.1) is 17.3 Å². The van der Waals surface area contributed by atoms with E-state index < -0.39 is 12.7 Å². The molecule has 0 aliphatic heterocycles. The zero-order valence-corrected chi connectivity index (χ0v) is 14.8. The van der Waals surface area contributed by atoms with Gasteiger partial charge in [-0.05, 0) is 19.1 Å². The molecule has 9 heteroatoms. The number of aryl methyl sites for hydroxylation is 1. The summed E-state index contributed by atoms with van der Waals surface area (Å²) in [5, 5.41) is 10.2. The summed E-state index contributed by atoms with van der Waals surface area (Å²) >= 11 is 6.27. The fourth-order valence-electron chi connectivity index (χ4n) is 2.43. The lowest BCUT2D eigenvalue weighted by molar-refractivity contribution is 0.239. The van der Waals surface area contributed by atoms with E-state index >= 15 is 0 Å². The number of rotatable bonds is 7. The van der Waals surface area contributed by atoms with Gasteiger partial charge in [-0.25, -0.2) is 9.18 Å². The molecule has 0 radical (unpaired) electrons. The van der Waals surface area contributed by atoms with Crippen molar-refractivity contribution in [2.24, 2.45) is 0 Å². The van der Waals surface area contributed by atoms with Gasteiger partial charge in [0.2, 0.25) is 0 Å². The maximum Gasteiger partial charge on any atom is 0.315 e. The van der Waals surface area contributed by atoms with Gasteiger partial charge in [0.1, 0.15) is 19.0 Å². The van der Waals surface area contributed by atoms with Crippen LogP contribution >= 0.6 is 11.6 Å². The molecule has 2 amide bonds. The van der Waals surface area contributed by atoms with Gasteiger partial charge >= 0.3 is 6.03 Å². The summed E-state index contributed by atoms with van der Waals surface area (Å²) in [4.78, 5) is 14.6. The maximum atomic E-state index is 12.0. The predicted octanol–water partition coefficient (Wildman–Crippen LogP) is 3.47. The van der Waals surface area contributed by atoms with E-state index in [1.54, 1.807) is 18.2 Å². The fourth-order valence-corrected chi connectivity index (χ4v) is 2.66. The molecule has 0 saturated carbocycles. The number of hydrogen-bond acceptors (Lipinski definition) is 4. The molecule has 3 aromatic rings. The number of aromatic nitrogens is 2. The van der Waals surface area contributed by atoms with Crippen LogP contribution < -0.4 is 15.4 Å². The van der Waals surface area contributed by atoms with E-state index in [0.29, 0.717) is 16.5 Å². The van der Waals surface area contributed by atoms with Crippen molar-refractivity contribution in [3.05, 3.63) is 46.4 Å². The van der Waals surface area contributed by atoms with Crippen molar-refractivity contribution in [3.63, 3.8) is 0 Å². The van der Waals surface area contributed by atoms with Crippen LogP contribution in [-0.2, 0) is 13.2 Å². The third-order valence-corrected chi connectivity index (χ3v) is 3.89. The van der Waals surface area contributed by atoms with Crippen molar-refractivity contribution in [3.8, 4) is 5.75 Å².